The minimum Gasteiger partial charge on any atom is -0.444 e. The van der Waals surface area contributed by atoms with Crippen LogP contribution in [0.2, 0.25) is 0 Å². The lowest BCUT2D eigenvalue weighted by Gasteiger charge is -2.38. The first-order valence-corrected chi connectivity index (χ1v) is 15.4. The Kier molecular flexibility index (Phi) is 8.03. The van der Waals surface area contributed by atoms with Gasteiger partial charge in [-0.2, -0.15) is 5.10 Å². The highest BCUT2D eigenvalue weighted by Gasteiger charge is 2.28. The highest BCUT2D eigenvalue weighted by molar-refractivity contribution is 5.81. The molecule has 0 radical (unpaired) electrons. The molecule has 6 rings (SSSR count). The molecule has 1 aliphatic carbocycles. The van der Waals surface area contributed by atoms with Gasteiger partial charge in [-0.1, -0.05) is 18.9 Å². The minimum absolute atomic E-state index is 0.223. The molecule has 1 saturated carbocycles. The van der Waals surface area contributed by atoms with Crippen LogP contribution < -0.4 is 0 Å². The molecule has 42 heavy (non-hydrogen) atoms. The zero-order valence-electron chi connectivity index (χ0n) is 25.3. The van der Waals surface area contributed by atoms with E-state index in [4.69, 9.17) is 9.72 Å². The molecule has 1 amide bonds. The molecule has 2 fully saturated rings. The van der Waals surface area contributed by atoms with Crippen molar-refractivity contribution in [2.24, 2.45) is 5.92 Å². The largest absolute Gasteiger partial charge is 0.444 e. The molecule has 1 N–H and O–H groups in total. The van der Waals surface area contributed by atoms with E-state index >= 15 is 0 Å². The van der Waals surface area contributed by atoms with Crippen LogP contribution in [0, 0.1) is 5.92 Å². The van der Waals surface area contributed by atoms with E-state index in [2.05, 4.69) is 68.1 Å². The number of fused-ring (bicyclic) bond motifs is 1. The molecule has 1 saturated heterocycles. The summed E-state index contributed by atoms with van der Waals surface area (Å²) in [5.41, 5.74) is 6.00. The third-order valence-electron chi connectivity index (χ3n) is 8.60. The fourth-order valence-electron chi connectivity index (χ4n) is 6.25. The summed E-state index contributed by atoms with van der Waals surface area (Å²) in [5, 5.41) is 4.63. The lowest BCUT2D eigenvalue weighted by molar-refractivity contribution is 0.0110. The van der Waals surface area contributed by atoms with Crippen molar-refractivity contribution < 1.29 is 9.53 Å². The molecular formula is C33H43N7O2. The fourth-order valence-corrected chi connectivity index (χ4v) is 6.25. The van der Waals surface area contributed by atoms with Gasteiger partial charge < -0.3 is 14.6 Å². The van der Waals surface area contributed by atoms with Crippen LogP contribution in [-0.4, -0.2) is 72.4 Å². The van der Waals surface area contributed by atoms with Crippen LogP contribution >= 0.6 is 0 Å². The van der Waals surface area contributed by atoms with E-state index < -0.39 is 5.60 Å². The summed E-state index contributed by atoms with van der Waals surface area (Å²) in [7, 11) is 0. The number of rotatable bonds is 7. The zero-order valence-corrected chi connectivity index (χ0v) is 25.3. The van der Waals surface area contributed by atoms with E-state index in [0.717, 1.165) is 59.2 Å². The number of hydrogen-bond donors (Lipinski definition) is 1. The Bertz CT molecular complexity index is 1520. The number of carbonyl (C=O) groups excluding carboxylic acids is 1. The first kappa shape index (κ1) is 28.4. The molecule has 9 heteroatoms. The predicted molar refractivity (Wildman–Crippen MR) is 164 cm³/mol. The van der Waals surface area contributed by atoms with Gasteiger partial charge in [0.1, 0.15) is 11.4 Å². The van der Waals surface area contributed by atoms with Crippen molar-refractivity contribution in [1.82, 2.24) is 34.5 Å². The van der Waals surface area contributed by atoms with Gasteiger partial charge in [0.25, 0.3) is 0 Å². The summed E-state index contributed by atoms with van der Waals surface area (Å²) in [6.45, 7) is 11.9. The molecule has 1 atom stereocenters. The Morgan fingerprint density at radius 2 is 1.86 bits per heavy atom. The first-order valence-electron chi connectivity index (χ1n) is 15.4. The number of piperazine rings is 1. The van der Waals surface area contributed by atoms with Gasteiger partial charge in [-0.25, -0.2) is 9.78 Å². The molecule has 9 nitrogen and oxygen atoms in total. The molecule has 0 spiro atoms. The molecule has 4 heterocycles. The van der Waals surface area contributed by atoms with Crippen LogP contribution in [0.3, 0.4) is 0 Å². The van der Waals surface area contributed by atoms with Crippen molar-refractivity contribution in [3.63, 3.8) is 0 Å². The number of imidazole rings is 1. The van der Waals surface area contributed by atoms with Gasteiger partial charge in [-0.05, 0) is 81.8 Å². The average Bonchev–Trinajstić information content (AvgIpc) is 3.73. The standard InChI is InChI=1S/C33H43N7O2/c1-23(38-13-15-39(16-14-38)32(41)42-33(2,3)4)25-11-12-34-28(17-25)19-31-36-29-10-9-26(18-30(29)37-31)27-20-35-40(22-27)21-24-7-5-6-8-24/h9-12,17-18,20,22-24H,5-8,13-16,19,21H2,1-4H3,(H,36,37). The summed E-state index contributed by atoms with van der Waals surface area (Å²) >= 11 is 0. The summed E-state index contributed by atoms with van der Waals surface area (Å²) in [6.07, 6.45) is 11.8. The first-order chi connectivity index (χ1) is 20.2. The van der Waals surface area contributed by atoms with Gasteiger partial charge in [0.05, 0.1) is 17.2 Å². The lowest BCUT2D eigenvalue weighted by Crippen LogP contribution is -2.50. The SMILES string of the molecule is CC(c1ccnc(Cc2nc3ccc(-c4cnn(CC5CCCC5)c4)cc3[nH]2)c1)N1CCN(C(=O)OC(C)(C)C)CC1. The number of aromatic amines is 1. The van der Waals surface area contributed by atoms with Gasteiger partial charge in [0.2, 0.25) is 0 Å². The molecule has 2 aliphatic rings. The van der Waals surface area contributed by atoms with Crippen molar-refractivity contribution in [2.75, 3.05) is 26.2 Å². The number of hydrogen-bond acceptors (Lipinski definition) is 6. The van der Waals surface area contributed by atoms with E-state index in [9.17, 15) is 4.79 Å². The Morgan fingerprint density at radius 3 is 2.62 bits per heavy atom. The second-order valence-electron chi connectivity index (χ2n) is 13.0. The highest BCUT2D eigenvalue weighted by atomic mass is 16.6. The molecule has 1 unspecified atom stereocenters. The maximum atomic E-state index is 12.5. The summed E-state index contributed by atoms with van der Waals surface area (Å²) < 4.78 is 7.66. The van der Waals surface area contributed by atoms with Gasteiger partial charge in [-0.3, -0.25) is 14.6 Å². The maximum Gasteiger partial charge on any atom is 0.410 e. The molecule has 3 aromatic heterocycles. The van der Waals surface area contributed by atoms with Crippen LogP contribution in [0.25, 0.3) is 22.2 Å². The Morgan fingerprint density at radius 1 is 1.07 bits per heavy atom. The summed E-state index contributed by atoms with van der Waals surface area (Å²) in [5.74, 6) is 1.67. The van der Waals surface area contributed by atoms with E-state index in [1.165, 1.54) is 31.2 Å². The van der Waals surface area contributed by atoms with E-state index in [1.54, 1.807) is 0 Å². The molecule has 222 valence electrons. The van der Waals surface area contributed by atoms with Crippen molar-refractivity contribution >= 4 is 17.1 Å². The molecule has 1 aliphatic heterocycles. The van der Waals surface area contributed by atoms with Crippen molar-refractivity contribution in [1.29, 1.82) is 0 Å². The Labute approximate surface area is 248 Å². The van der Waals surface area contributed by atoms with Crippen LogP contribution in [-0.2, 0) is 17.7 Å². The van der Waals surface area contributed by atoms with Gasteiger partial charge in [0, 0.05) is 68.8 Å². The van der Waals surface area contributed by atoms with Crippen LogP contribution in [0.1, 0.15) is 76.5 Å². The second-order valence-corrected chi connectivity index (χ2v) is 13.0. The van der Waals surface area contributed by atoms with Crippen molar-refractivity contribution in [2.45, 2.75) is 78.0 Å². The number of ether oxygens (including phenoxy) is 1. The normalized spacial score (nSPS) is 17.7. The average molecular weight is 570 g/mol. The van der Waals surface area contributed by atoms with Crippen LogP contribution in [0.5, 0.6) is 0 Å². The minimum atomic E-state index is -0.477. The Balaban J connectivity index is 1.08. The van der Waals surface area contributed by atoms with E-state index in [-0.39, 0.29) is 12.1 Å². The third-order valence-corrected chi connectivity index (χ3v) is 8.60. The fraction of sp³-hybridized carbons (Fsp3) is 0.515. The van der Waals surface area contributed by atoms with E-state index in [0.29, 0.717) is 19.5 Å². The number of aromatic nitrogens is 5. The lowest BCUT2D eigenvalue weighted by atomic mass is 10.1. The number of nitrogens with one attached hydrogen (secondary N) is 1. The smallest absolute Gasteiger partial charge is 0.410 e. The molecule has 4 aromatic rings. The number of nitrogens with zero attached hydrogens (tertiary/aromatic N) is 6. The quantitative estimate of drug-likeness (QED) is 0.284. The topological polar surface area (TPSA) is 92.2 Å². The molecule has 0 bridgehead atoms. The maximum absolute atomic E-state index is 12.5. The summed E-state index contributed by atoms with van der Waals surface area (Å²) in [4.78, 5) is 29.7. The molecule has 1 aromatic carbocycles. The van der Waals surface area contributed by atoms with Crippen LogP contribution in [0.4, 0.5) is 4.79 Å². The number of carbonyl (C=O) groups is 1. The highest BCUT2D eigenvalue weighted by Crippen LogP contribution is 2.28. The van der Waals surface area contributed by atoms with Crippen LogP contribution in [0.15, 0.2) is 48.9 Å². The third kappa shape index (κ3) is 6.67. The predicted octanol–water partition coefficient (Wildman–Crippen LogP) is 6.22. The van der Waals surface area contributed by atoms with Crippen molar-refractivity contribution in [3.05, 3.63) is 66.0 Å². The molecular weight excluding hydrogens is 526 g/mol. The second kappa shape index (κ2) is 11.9. The van der Waals surface area contributed by atoms with E-state index in [1.807, 2.05) is 38.1 Å². The summed E-state index contributed by atoms with van der Waals surface area (Å²) in [6, 6.07) is 10.9. The number of pyridine rings is 1. The van der Waals surface area contributed by atoms with Gasteiger partial charge in [0.15, 0.2) is 0 Å². The number of benzene rings is 1. The number of amides is 1. The number of H-pyrrole nitrogens is 1. The monoisotopic (exact) mass is 569 g/mol. The van der Waals surface area contributed by atoms with Gasteiger partial charge >= 0.3 is 6.09 Å². The zero-order chi connectivity index (χ0) is 29.3. The van der Waals surface area contributed by atoms with Crippen molar-refractivity contribution in [3.8, 4) is 11.1 Å². The Hall–Kier alpha value is -3.72. The van der Waals surface area contributed by atoms with Gasteiger partial charge in [-0.15, -0.1) is 0 Å².